The van der Waals surface area contributed by atoms with E-state index in [0.29, 0.717) is 11.7 Å². The summed E-state index contributed by atoms with van der Waals surface area (Å²) in [6.07, 6.45) is 4.47. The number of benzene rings is 1. The molecule has 1 spiro atoms. The van der Waals surface area contributed by atoms with Gasteiger partial charge >= 0.3 is 0 Å². The quantitative estimate of drug-likeness (QED) is 0.853. The molecular weight excluding hydrogens is 326 g/mol. The Balaban J connectivity index is 1.37. The number of amides is 1. The van der Waals surface area contributed by atoms with Crippen LogP contribution in [0.4, 0.5) is 5.69 Å². The van der Waals surface area contributed by atoms with E-state index < -0.39 is 0 Å². The molecule has 5 nitrogen and oxygen atoms in total. The Labute approximate surface area is 154 Å². The summed E-state index contributed by atoms with van der Waals surface area (Å²) in [7, 11) is 2.14. The fourth-order valence-corrected chi connectivity index (χ4v) is 4.06. The molecule has 4 rings (SSSR count). The second-order valence-electron chi connectivity index (χ2n) is 7.31. The number of hydrogen-bond donors (Lipinski definition) is 0. The van der Waals surface area contributed by atoms with Gasteiger partial charge in [-0.2, -0.15) is 0 Å². The summed E-state index contributed by atoms with van der Waals surface area (Å²) in [5.41, 5.74) is 1.66. The van der Waals surface area contributed by atoms with Crippen LogP contribution in [0.15, 0.2) is 54.7 Å². The van der Waals surface area contributed by atoms with Gasteiger partial charge in [-0.25, -0.2) is 0 Å². The molecule has 2 saturated heterocycles. The molecule has 0 saturated carbocycles. The van der Waals surface area contributed by atoms with E-state index in [-0.39, 0.29) is 11.5 Å². The molecule has 5 heteroatoms. The normalized spacial score (nSPS) is 21.7. The summed E-state index contributed by atoms with van der Waals surface area (Å²) in [5, 5.41) is 0. The molecule has 0 aliphatic carbocycles. The van der Waals surface area contributed by atoms with E-state index in [0.717, 1.165) is 39.0 Å². The molecule has 0 unspecified atom stereocenters. The van der Waals surface area contributed by atoms with Gasteiger partial charge in [0.25, 0.3) is 5.91 Å². The van der Waals surface area contributed by atoms with Crippen molar-refractivity contribution in [1.29, 1.82) is 0 Å². The highest BCUT2D eigenvalue weighted by molar-refractivity contribution is 5.92. The summed E-state index contributed by atoms with van der Waals surface area (Å²) in [4.78, 5) is 21.0. The highest BCUT2D eigenvalue weighted by Gasteiger charge is 2.44. The van der Waals surface area contributed by atoms with Crippen LogP contribution in [-0.2, 0) is 4.74 Å². The predicted octanol–water partition coefficient (Wildman–Crippen LogP) is 2.98. The fraction of sp³-hybridized carbons (Fsp3) is 0.429. The highest BCUT2D eigenvalue weighted by atomic mass is 16.5. The second-order valence-corrected chi connectivity index (χ2v) is 7.31. The van der Waals surface area contributed by atoms with Crippen LogP contribution in [0.25, 0.3) is 0 Å². The number of nitrogens with zero attached hydrogens (tertiary/aromatic N) is 3. The molecule has 2 aliphatic heterocycles. The van der Waals surface area contributed by atoms with Crippen LogP contribution in [-0.4, -0.2) is 54.2 Å². The minimum absolute atomic E-state index is 0.0244. The molecule has 2 aliphatic rings. The maximum Gasteiger partial charge on any atom is 0.272 e. The fourth-order valence-electron chi connectivity index (χ4n) is 4.06. The average Bonchev–Trinajstić information content (AvgIpc) is 3.12. The number of para-hydroxylation sites is 1. The highest BCUT2D eigenvalue weighted by Crippen LogP contribution is 2.38. The zero-order valence-corrected chi connectivity index (χ0v) is 15.2. The zero-order valence-electron chi connectivity index (χ0n) is 15.2. The van der Waals surface area contributed by atoms with Crippen LogP contribution >= 0.6 is 0 Å². The molecule has 1 amide bonds. The molecule has 2 fully saturated rings. The van der Waals surface area contributed by atoms with Crippen molar-refractivity contribution in [2.45, 2.75) is 30.9 Å². The largest absolute Gasteiger partial charge is 0.373 e. The summed E-state index contributed by atoms with van der Waals surface area (Å²) in [6, 6.07) is 16.3. The summed E-state index contributed by atoms with van der Waals surface area (Å²) in [5.74, 6) is 0.0244. The third kappa shape index (κ3) is 3.31. The number of piperidine rings is 1. The predicted molar refractivity (Wildman–Crippen MR) is 101 cm³/mol. The van der Waals surface area contributed by atoms with Gasteiger partial charge in [0.05, 0.1) is 18.2 Å². The molecule has 136 valence electrons. The number of pyridine rings is 1. The Morgan fingerprint density at radius 1 is 1.15 bits per heavy atom. The lowest BCUT2D eigenvalue weighted by Crippen LogP contribution is -2.47. The molecule has 0 N–H and O–H groups in total. The van der Waals surface area contributed by atoms with E-state index in [4.69, 9.17) is 4.74 Å². The number of aromatic nitrogens is 1. The van der Waals surface area contributed by atoms with Gasteiger partial charge in [-0.3, -0.25) is 9.78 Å². The van der Waals surface area contributed by atoms with Crippen LogP contribution in [0.2, 0.25) is 0 Å². The van der Waals surface area contributed by atoms with Crippen LogP contribution in [0.5, 0.6) is 0 Å². The maximum atomic E-state index is 12.6. The van der Waals surface area contributed by atoms with Crippen molar-refractivity contribution in [2.75, 3.05) is 31.6 Å². The van der Waals surface area contributed by atoms with Crippen molar-refractivity contribution >= 4 is 11.6 Å². The maximum absolute atomic E-state index is 12.6. The van der Waals surface area contributed by atoms with Gasteiger partial charge in [-0.05, 0) is 43.5 Å². The lowest BCUT2D eigenvalue weighted by Gasteiger charge is -2.39. The first-order valence-corrected chi connectivity index (χ1v) is 9.29. The van der Waals surface area contributed by atoms with Gasteiger partial charge in [-0.15, -0.1) is 0 Å². The number of carbonyl (C=O) groups is 1. The lowest BCUT2D eigenvalue weighted by molar-refractivity contribution is -0.0389. The van der Waals surface area contributed by atoms with Crippen molar-refractivity contribution in [3.63, 3.8) is 0 Å². The van der Waals surface area contributed by atoms with Gasteiger partial charge in [0.1, 0.15) is 5.69 Å². The van der Waals surface area contributed by atoms with Crippen LogP contribution < -0.4 is 4.90 Å². The zero-order chi connectivity index (χ0) is 18.0. The summed E-state index contributed by atoms with van der Waals surface area (Å²) < 4.78 is 6.28. The summed E-state index contributed by atoms with van der Waals surface area (Å²) >= 11 is 0. The van der Waals surface area contributed by atoms with Crippen LogP contribution in [0, 0.1) is 0 Å². The number of anilines is 1. The molecule has 2 aromatic rings. The number of hydrogen-bond acceptors (Lipinski definition) is 4. The van der Waals surface area contributed by atoms with Crippen molar-refractivity contribution < 1.29 is 9.53 Å². The molecule has 1 aromatic heterocycles. The van der Waals surface area contributed by atoms with Crippen molar-refractivity contribution in [3.8, 4) is 0 Å². The Morgan fingerprint density at radius 2 is 1.88 bits per heavy atom. The smallest absolute Gasteiger partial charge is 0.272 e. The molecule has 1 atom stereocenters. The van der Waals surface area contributed by atoms with Gasteiger partial charge in [0, 0.05) is 32.0 Å². The molecule has 0 bridgehead atoms. The lowest BCUT2D eigenvalue weighted by atomic mass is 9.87. The van der Waals surface area contributed by atoms with E-state index in [1.807, 2.05) is 23.1 Å². The standard InChI is InChI=1S/C21H25N3O2/c1-23(17-7-3-2-4-8-17)18-15-21(26-16-18)10-13-24(14-11-21)20(25)19-9-5-6-12-22-19/h2-9,12,18H,10-11,13-16H2,1H3/t18-/m0/s1. The first-order valence-electron chi connectivity index (χ1n) is 9.29. The van der Waals surface area contributed by atoms with E-state index in [2.05, 4.69) is 41.2 Å². The first-order chi connectivity index (χ1) is 12.7. The van der Waals surface area contributed by atoms with Gasteiger partial charge in [-0.1, -0.05) is 24.3 Å². The van der Waals surface area contributed by atoms with Crippen LogP contribution in [0.3, 0.4) is 0 Å². The Hall–Kier alpha value is -2.40. The number of likely N-dealkylation sites (tertiary alicyclic amines) is 1. The molecule has 0 radical (unpaired) electrons. The molecule has 3 heterocycles. The SMILES string of the molecule is CN(c1ccccc1)[C@@H]1COC2(CCN(C(=O)c3ccccn3)CC2)C1. The van der Waals surface area contributed by atoms with E-state index in [9.17, 15) is 4.79 Å². The number of rotatable bonds is 3. The number of ether oxygens (including phenoxy) is 1. The van der Waals surface area contributed by atoms with Gasteiger partial charge in [0.2, 0.25) is 0 Å². The topological polar surface area (TPSA) is 45.7 Å². The number of likely N-dealkylation sites (N-methyl/N-ethyl adjacent to an activating group) is 1. The minimum atomic E-state index is -0.0887. The monoisotopic (exact) mass is 351 g/mol. The Bertz CT molecular complexity index is 742. The third-order valence-electron chi connectivity index (χ3n) is 5.75. The Morgan fingerprint density at radius 3 is 2.58 bits per heavy atom. The van der Waals surface area contributed by atoms with Gasteiger partial charge < -0.3 is 14.5 Å². The molecule has 1 aromatic carbocycles. The van der Waals surface area contributed by atoms with E-state index in [1.165, 1.54) is 5.69 Å². The van der Waals surface area contributed by atoms with Gasteiger partial charge in [0.15, 0.2) is 0 Å². The van der Waals surface area contributed by atoms with Crippen molar-refractivity contribution in [2.24, 2.45) is 0 Å². The van der Waals surface area contributed by atoms with Crippen molar-refractivity contribution in [3.05, 3.63) is 60.4 Å². The second kappa shape index (κ2) is 7.08. The minimum Gasteiger partial charge on any atom is -0.373 e. The summed E-state index contributed by atoms with van der Waals surface area (Å²) in [6.45, 7) is 2.22. The third-order valence-corrected chi connectivity index (χ3v) is 5.75. The van der Waals surface area contributed by atoms with E-state index in [1.54, 1.807) is 12.3 Å². The van der Waals surface area contributed by atoms with Crippen LogP contribution in [0.1, 0.15) is 29.8 Å². The van der Waals surface area contributed by atoms with Crippen molar-refractivity contribution in [1.82, 2.24) is 9.88 Å². The first kappa shape index (κ1) is 17.0. The molecular formula is C21H25N3O2. The number of carbonyl (C=O) groups excluding carboxylic acids is 1. The van der Waals surface area contributed by atoms with E-state index >= 15 is 0 Å². The average molecular weight is 351 g/mol. The molecule has 26 heavy (non-hydrogen) atoms. The Kier molecular flexibility index (Phi) is 4.64.